The maximum atomic E-state index is 12.3. The molecular weight excluding hydrogens is 334 g/mol. The first-order valence-corrected chi connectivity index (χ1v) is 7.97. The zero-order chi connectivity index (χ0) is 15.5. The number of hydrogen-bond acceptors (Lipinski definition) is 2. The normalized spacial score (nSPS) is 16.7. The quantitative estimate of drug-likeness (QED) is 0.853. The van der Waals surface area contributed by atoms with Crippen LogP contribution in [0.1, 0.15) is 43.2 Å². The van der Waals surface area contributed by atoms with Crippen molar-refractivity contribution >= 4 is 27.8 Å². The van der Waals surface area contributed by atoms with Gasteiger partial charge in [0.15, 0.2) is 0 Å². The van der Waals surface area contributed by atoms with Crippen LogP contribution in [0.25, 0.3) is 0 Å². The largest absolute Gasteiger partial charge is 0.481 e. The molecule has 0 saturated heterocycles. The lowest BCUT2D eigenvalue weighted by molar-refractivity contribution is -0.139. The lowest BCUT2D eigenvalue weighted by Crippen LogP contribution is -2.48. The van der Waals surface area contributed by atoms with Crippen LogP contribution in [-0.2, 0) is 16.0 Å². The van der Waals surface area contributed by atoms with Crippen LogP contribution in [0.5, 0.6) is 0 Å². The zero-order valence-corrected chi connectivity index (χ0v) is 13.7. The van der Waals surface area contributed by atoms with E-state index in [-0.39, 0.29) is 12.3 Å². The summed E-state index contributed by atoms with van der Waals surface area (Å²) in [5.74, 6) is -0.944. The molecule has 0 radical (unpaired) electrons. The molecule has 1 aliphatic carbocycles. The second-order valence-electron chi connectivity index (χ2n) is 5.85. The number of carboxylic acid groups (broad SMARTS) is 1. The van der Waals surface area contributed by atoms with Crippen LogP contribution >= 0.6 is 15.9 Å². The molecule has 0 aromatic heterocycles. The van der Waals surface area contributed by atoms with Crippen molar-refractivity contribution in [1.82, 2.24) is 5.32 Å². The molecular formula is C16H20BrNO3. The third-order valence-electron chi connectivity index (χ3n) is 4.11. The lowest BCUT2D eigenvalue weighted by atomic mass is 9.92. The van der Waals surface area contributed by atoms with Crippen molar-refractivity contribution < 1.29 is 14.7 Å². The SMILES string of the molecule is Cc1cc(Br)ccc1CC(=O)NC1(CC(=O)O)CCCC1. The van der Waals surface area contributed by atoms with Crippen LogP contribution in [0.4, 0.5) is 0 Å². The van der Waals surface area contributed by atoms with E-state index in [9.17, 15) is 9.59 Å². The van der Waals surface area contributed by atoms with E-state index < -0.39 is 11.5 Å². The number of carbonyl (C=O) groups excluding carboxylic acids is 1. The average molecular weight is 354 g/mol. The molecule has 2 N–H and O–H groups in total. The van der Waals surface area contributed by atoms with Crippen LogP contribution in [-0.4, -0.2) is 22.5 Å². The van der Waals surface area contributed by atoms with Crippen LogP contribution in [0.15, 0.2) is 22.7 Å². The Labute approximate surface area is 133 Å². The highest BCUT2D eigenvalue weighted by Crippen LogP contribution is 2.32. The molecule has 1 saturated carbocycles. The molecule has 114 valence electrons. The summed E-state index contributed by atoms with van der Waals surface area (Å²) in [6.07, 6.45) is 3.77. The van der Waals surface area contributed by atoms with Gasteiger partial charge in [0.05, 0.1) is 18.4 Å². The van der Waals surface area contributed by atoms with Crippen molar-refractivity contribution in [2.45, 2.75) is 51.0 Å². The molecule has 1 aromatic rings. The van der Waals surface area contributed by atoms with Gasteiger partial charge in [-0.05, 0) is 43.0 Å². The molecule has 0 unspecified atom stereocenters. The molecule has 0 spiro atoms. The van der Waals surface area contributed by atoms with E-state index in [1.807, 2.05) is 25.1 Å². The first-order chi connectivity index (χ1) is 9.90. The molecule has 2 rings (SSSR count). The van der Waals surface area contributed by atoms with Gasteiger partial charge in [-0.2, -0.15) is 0 Å². The number of nitrogens with one attached hydrogen (secondary N) is 1. The molecule has 0 atom stereocenters. The third kappa shape index (κ3) is 4.30. The minimum absolute atomic E-state index is 0.0120. The lowest BCUT2D eigenvalue weighted by Gasteiger charge is -2.28. The van der Waals surface area contributed by atoms with Gasteiger partial charge in [0.25, 0.3) is 0 Å². The van der Waals surface area contributed by atoms with Crippen molar-refractivity contribution in [2.75, 3.05) is 0 Å². The molecule has 4 nitrogen and oxygen atoms in total. The topological polar surface area (TPSA) is 66.4 Å². The maximum absolute atomic E-state index is 12.3. The summed E-state index contributed by atoms with van der Waals surface area (Å²) in [4.78, 5) is 23.3. The smallest absolute Gasteiger partial charge is 0.305 e. The number of carbonyl (C=O) groups is 2. The minimum Gasteiger partial charge on any atom is -0.481 e. The zero-order valence-electron chi connectivity index (χ0n) is 12.1. The monoisotopic (exact) mass is 353 g/mol. The van der Waals surface area contributed by atoms with E-state index in [1.54, 1.807) is 0 Å². The highest BCUT2D eigenvalue weighted by molar-refractivity contribution is 9.10. The van der Waals surface area contributed by atoms with Gasteiger partial charge in [-0.25, -0.2) is 0 Å². The van der Waals surface area contributed by atoms with Crippen molar-refractivity contribution in [3.8, 4) is 0 Å². The Bertz CT molecular complexity index is 550. The summed E-state index contributed by atoms with van der Waals surface area (Å²) < 4.78 is 0.988. The fraction of sp³-hybridized carbons (Fsp3) is 0.500. The number of hydrogen-bond donors (Lipinski definition) is 2. The van der Waals surface area contributed by atoms with E-state index in [0.29, 0.717) is 6.42 Å². The van der Waals surface area contributed by atoms with Gasteiger partial charge in [-0.1, -0.05) is 34.8 Å². The second-order valence-corrected chi connectivity index (χ2v) is 6.77. The molecule has 0 aliphatic heterocycles. The highest BCUT2D eigenvalue weighted by Gasteiger charge is 2.37. The molecule has 1 aromatic carbocycles. The average Bonchev–Trinajstić information content (AvgIpc) is 2.80. The van der Waals surface area contributed by atoms with Crippen LogP contribution in [0, 0.1) is 6.92 Å². The van der Waals surface area contributed by atoms with E-state index in [0.717, 1.165) is 41.3 Å². The fourth-order valence-corrected chi connectivity index (χ4v) is 3.53. The van der Waals surface area contributed by atoms with Gasteiger partial charge < -0.3 is 10.4 Å². The second kappa shape index (κ2) is 6.60. The summed E-state index contributed by atoms with van der Waals surface area (Å²) in [5, 5.41) is 12.0. The Morgan fingerprint density at radius 3 is 2.57 bits per heavy atom. The Morgan fingerprint density at radius 2 is 2.00 bits per heavy atom. The Kier molecular flexibility index (Phi) is 5.04. The molecule has 0 bridgehead atoms. The molecule has 1 fully saturated rings. The molecule has 0 heterocycles. The van der Waals surface area contributed by atoms with Gasteiger partial charge in [0, 0.05) is 4.47 Å². The number of aryl methyl sites for hydroxylation is 1. The number of halogens is 1. The molecule has 1 aliphatic rings. The maximum Gasteiger partial charge on any atom is 0.305 e. The summed E-state index contributed by atoms with van der Waals surface area (Å²) >= 11 is 3.40. The number of rotatable bonds is 5. The predicted molar refractivity (Wildman–Crippen MR) is 84.2 cm³/mol. The first-order valence-electron chi connectivity index (χ1n) is 7.18. The summed E-state index contributed by atoms with van der Waals surface area (Å²) in [6, 6.07) is 5.82. The third-order valence-corrected chi connectivity index (χ3v) is 4.60. The van der Waals surface area contributed by atoms with E-state index >= 15 is 0 Å². The van der Waals surface area contributed by atoms with Crippen molar-refractivity contribution in [3.05, 3.63) is 33.8 Å². The number of benzene rings is 1. The van der Waals surface area contributed by atoms with Gasteiger partial charge in [-0.15, -0.1) is 0 Å². The Hall–Kier alpha value is -1.36. The van der Waals surface area contributed by atoms with E-state index in [2.05, 4.69) is 21.2 Å². The predicted octanol–water partition coefficient (Wildman–Crippen LogP) is 3.20. The molecule has 21 heavy (non-hydrogen) atoms. The summed E-state index contributed by atoms with van der Waals surface area (Å²) in [7, 11) is 0. The minimum atomic E-state index is -0.850. The van der Waals surface area contributed by atoms with Crippen molar-refractivity contribution in [1.29, 1.82) is 0 Å². The van der Waals surface area contributed by atoms with Gasteiger partial charge in [0.2, 0.25) is 5.91 Å². The first kappa shape index (κ1) is 16.0. The van der Waals surface area contributed by atoms with Crippen LogP contribution in [0.2, 0.25) is 0 Å². The van der Waals surface area contributed by atoms with Crippen molar-refractivity contribution in [3.63, 3.8) is 0 Å². The number of carboxylic acids is 1. The summed E-state index contributed by atoms with van der Waals surface area (Å²) in [6.45, 7) is 1.97. The number of aliphatic carboxylic acids is 1. The van der Waals surface area contributed by atoms with Gasteiger partial charge >= 0.3 is 5.97 Å². The molecule has 5 heteroatoms. The van der Waals surface area contributed by atoms with E-state index in [4.69, 9.17) is 5.11 Å². The van der Waals surface area contributed by atoms with Gasteiger partial charge in [0.1, 0.15) is 0 Å². The number of amides is 1. The van der Waals surface area contributed by atoms with Crippen molar-refractivity contribution in [2.24, 2.45) is 0 Å². The van der Waals surface area contributed by atoms with Crippen LogP contribution in [0.3, 0.4) is 0 Å². The highest BCUT2D eigenvalue weighted by atomic mass is 79.9. The Balaban J connectivity index is 2.04. The van der Waals surface area contributed by atoms with E-state index in [1.165, 1.54) is 0 Å². The Morgan fingerprint density at radius 1 is 1.33 bits per heavy atom. The molecule has 1 amide bonds. The van der Waals surface area contributed by atoms with Gasteiger partial charge in [-0.3, -0.25) is 9.59 Å². The standard InChI is InChI=1S/C16H20BrNO3/c1-11-8-13(17)5-4-12(11)9-14(19)18-16(10-15(20)21)6-2-3-7-16/h4-5,8H,2-3,6-7,9-10H2,1H3,(H,18,19)(H,20,21). The summed E-state index contributed by atoms with van der Waals surface area (Å²) in [5.41, 5.74) is 1.48. The fourth-order valence-electron chi connectivity index (χ4n) is 3.06. The van der Waals surface area contributed by atoms with Crippen LogP contribution < -0.4 is 5.32 Å².